The fraction of sp³-hybridized carbons (Fsp3) is 0. The van der Waals surface area contributed by atoms with Crippen molar-refractivity contribution in [2.75, 3.05) is 4.31 Å². The van der Waals surface area contributed by atoms with Crippen LogP contribution < -0.4 is 14.6 Å². The zero-order valence-corrected chi connectivity index (χ0v) is 11.1. The molecule has 6 nitrogen and oxygen atoms in total. The van der Waals surface area contributed by atoms with Crippen LogP contribution in [0.5, 0.6) is 5.75 Å². The highest BCUT2D eigenvalue weighted by atomic mass is 32.2. The molecule has 0 spiro atoms. The highest BCUT2D eigenvalue weighted by Crippen LogP contribution is 2.15. The summed E-state index contributed by atoms with van der Waals surface area (Å²) in [6.45, 7) is 0. The lowest BCUT2D eigenvalue weighted by Gasteiger charge is -2.24. The van der Waals surface area contributed by atoms with E-state index in [4.69, 9.17) is 4.84 Å². The van der Waals surface area contributed by atoms with Crippen LogP contribution in [-0.4, -0.2) is 14.8 Å². The first kappa shape index (κ1) is 14.0. The molecule has 1 atom stereocenters. The van der Waals surface area contributed by atoms with Gasteiger partial charge >= 0.3 is 6.03 Å². The van der Waals surface area contributed by atoms with E-state index in [-0.39, 0.29) is 5.69 Å². The smallest absolute Gasteiger partial charge is 0.366 e. The van der Waals surface area contributed by atoms with Gasteiger partial charge in [-0.15, -0.1) is 0 Å². The van der Waals surface area contributed by atoms with Gasteiger partial charge in [0.2, 0.25) is 0 Å². The summed E-state index contributed by atoms with van der Waals surface area (Å²) >= 11 is -2.75. The highest BCUT2D eigenvalue weighted by Gasteiger charge is 2.17. The van der Waals surface area contributed by atoms with E-state index in [1.807, 2.05) is 0 Å². The van der Waals surface area contributed by atoms with E-state index in [0.717, 1.165) is 0 Å². The fourth-order valence-corrected chi connectivity index (χ4v) is 1.93. The molecule has 0 saturated heterocycles. The second kappa shape index (κ2) is 6.69. The Balaban J connectivity index is 2.07. The normalized spacial score (nSPS) is 11.4. The first-order chi connectivity index (χ1) is 9.68. The molecule has 2 aromatic rings. The number of nitrogens with zero attached hydrogens (tertiary/aromatic N) is 1. The van der Waals surface area contributed by atoms with E-state index in [1.165, 1.54) is 12.1 Å². The molecule has 0 aliphatic heterocycles. The number of hydrogen-bond donors (Lipinski definition) is 1. The molecule has 7 heteroatoms. The molecule has 2 aromatic carbocycles. The van der Waals surface area contributed by atoms with Gasteiger partial charge in [0, 0.05) is 0 Å². The Morgan fingerprint density at radius 2 is 1.60 bits per heavy atom. The first-order valence-electron chi connectivity index (χ1n) is 5.65. The third-order valence-corrected chi connectivity index (χ3v) is 3.00. The molecule has 0 aliphatic rings. The van der Waals surface area contributed by atoms with E-state index in [0.29, 0.717) is 10.1 Å². The lowest BCUT2D eigenvalue weighted by Crippen LogP contribution is -2.42. The maximum atomic E-state index is 11.9. The van der Waals surface area contributed by atoms with Crippen LogP contribution in [-0.2, 0) is 11.3 Å². The Hall–Kier alpha value is -2.38. The first-order valence-corrected chi connectivity index (χ1v) is 6.68. The van der Waals surface area contributed by atoms with E-state index in [2.05, 4.69) is 5.48 Å². The molecule has 0 heterocycles. The second-order valence-electron chi connectivity index (χ2n) is 3.67. The third-order valence-electron chi connectivity index (χ3n) is 2.32. The number of benzene rings is 2. The van der Waals surface area contributed by atoms with Crippen LogP contribution in [0.3, 0.4) is 0 Å². The van der Waals surface area contributed by atoms with Crippen LogP contribution in [0.2, 0.25) is 0 Å². The number of carbonyl (C=O) groups is 1. The number of hydroxylamine groups is 1. The average molecular weight is 291 g/mol. The Labute approximate surface area is 118 Å². The lowest BCUT2D eigenvalue weighted by atomic mass is 10.3. The number of nitrogens with one attached hydrogen (secondary N) is 1. The second-order valence-corrected chi connectivity index (χ2v) is 4.47. The number of para-hydroxylation sites is 2. The number of anilines is 1. The molecule has 0 fully saturated rings. The predicted molar refractivity (Wildman–Crippen MR) is 73.4 cm³/mol. The summed E-state index contributed by atoms with van der Waals surface area (Å²) in [5.74, 6) is 0.394. The quantitative estimate of drug-likeness (QED) is 0.690. The van der Waals surface area contributed by atoms with Crippen molar-refractivity contribution < 1.29 is 18.4 Å². The summed E-state index contributed by atoms with van der Waals surface area (Å²) < 4.78 is 22.9. The van der Waals surface area contributed by atoms with Crippen molar-refractivity contribution in [3.63, 3.8) is 0 Å². The molecule has 0 radical (unpaired) electrons. The minimum Gasteiger partial charge on any atom is -0.755 e. The van der Waals surface area contributed by atoms with Gasteiger partial charge in [-0.3, -0.25) is 4.21 Å². The van der Waals surface area contributed by atoms with Crippen molar-refractivity contribution in [2.24, 2.45) is 0 Å². The van der Waals surface area contributed by atoms with Crippen molar-refractivity contribution >= 4 is 23.0 Å². The predicted octanol–water partition coefficient (Wildman–Crippen LogP) is 1.99. The van der Waals surface area contributed by atoms with Crippen LogP contribution in [0, 0.1) is 0 Å². The summed E-state index contributed by atoms with van der Waals surface area (Å²) in [5.41, 5.74) is 2.29. The highest BCUT2D eigenvalue weighted by molar-refractivity contribution is 7.81. The number of hydrogen-bond acceptors (Lipinski definition) is 4. The molecule has 0 bridgehead atoms. The summed E-state index contributed by atoms with van der Waals surface area (Å²) in [6, 6.07) is 15.5. The van der Waals surface area contributed by atoms with Gasteiger partial charge in [-0.25, -0.2) is 9.10 Å². The average Bonchev–Trinajstić information content (AvgIpc) is 2.47. The van der Waals surface area contributed by atoms with Gasteiger partial charge in [-0.05, 0) is 24.3 Å². The third kappa shape index (κ3) is 3.56. The molecule has 0 aromatic heterocycles. The summed E-state index contributed by atoms with van der Waals surface area (Å²) in [6.07, 6.45) is 0. The van der Waals surface area contributed by atoms with Crippen LogP contribution in [0.15, 0.2) is 60.7 Å². The van der Waals surface area contributed by atoms with Gasteiger partial charge in [0.15, 0.2) is 5.75 Å². The number of carbonyl (C=O) groups excluding carboxylic acids is 1. The Bertz CT molecular complexity index is 592. The van der Waals surface area contributed by atoms with Gasteiger partial charge in [-0.1, -0.05) is 36.4 Å². The van der Waals surface area contributed by atoms with Gasteiger partial charge in [-0.2, -0.15) is 5.48 Å². The molecule has 2 amide bonds. The van der Waals surface area contributed by atoms with Crippen molar-refractivity contribution in [1.29, 1.82) is 0 Å². The maximum Gasteiger partial charge on any atom is 0.366 e. The standard InChI is InChI=1S/C13H12N2O4S/c16-13(14-19-12-9-5-2-6-10-12)15(20(17)18)11-7-3-1-4-8-11/h1-10H,(H,14,16)(H,17,18)/p-1. The van der Waals surface area contributed by atoms with Gasteiger partial charge < -0.3 is 9.39 Å². The molecular weight excluding hydrogens is 280 g/mol. The van der Waals surface area contributed by atoms with E-state index in [9.17, 15) is 13.6 Å². The molecule has 104 valence electrons. The minimum atomic E-state index is -2.75. The summed E-state index contributed by atoms with van der Waals surface area (Å²) in [4.78, 5) is 16.9. The minimum absolute atomic E-state index is 0.218. The molecule has 2 rings (SSSR count). The van der Waals surface area contributed by atoms with E-state index in [1.54, 1.807) is 48.5 Å². The van der Waals surface area contributed by atoms with Crippen LogP contribution in [0.4, 0.5) is 10.5 Å². The molecule has 1 N–H and O–H groups in total. The number of rotatable bonds is 4. The van der Waals surface area contributed by atoms with Crippen LogP contribution >= 0.6 is 0 Å². The van der Waals surface area contributed by atoms with Crippen LogP contribution in [0.1, 0.15) is 0 Å². The van der Waals surface area contributed by atoms with Crippen molar-refractivity contribution in [2.45, 2.75) is 0 Å². The zero-order chi connectivity index (χ0) is 14.4. The monoisotopic (exact) mass is 291 g/mol. The molecule has 0 aliphatic carbocycles. The van der Waals surface area contributed by atoms with Gasteiger partial charge in [0.25, 0.3) is 0 Å². The Morgan fingerprint density at radius 1 is 1.05 bits per heavy atom. The number of urea groups is 1. The SMILES string of the molecule is O=C(NOc1ccccc1)N(c1ccccc1)S(=O)[O-]. The molecular formula is C13H11N2O4S-. The van der Waals surface area contributed by atoms with Crippen molar-refractivity contribution in [3.05, 3.63) is 60.7 Å². The lowest BCUT2D eigenvalue weighted by molar-refractivity contribution is 0.186. The zero-order valence-electron chi connectivity index (χ0n) is 10.3. The van der Waals surface area contributed by atoms with E-state index >= 15 is 0 Å². The Kier molecular flexibility index (Phi) is 4.70. The molecule has 1 unspecified atom stereocenters. The van der Waals surface area contributed by atoms with Gasteiger partial charge in [0.1, 0.15) is 0 Å². The largest absolute Gasteiger partial charge is 0.755 e. The van der Waals surface area contributed by atoms with Crippen molar-refractivity contribution in [1.82, 2.24) is 5.48 Å². The topological polar surface area (TPSA) is 81.7 Å². The van der Waals surface area contributed by atoms with Crippen molar-refractivity contribution in [3.8, 4) is 5.75 Å². The summed E-state index contributed by atoms with van der Waals surface area (Å²) in [7, 11) is 0. The molecule has 20 heavy (non-hydrogen) atoms. The number of amides is 2. The Morgan fingerprint density at radius 3 is 2.15 bits per heavy atom. The maximum absolute atomic E-state index is 11.9. The van der Waals surface area contributed by atoms with Gasteiger partial charge in [0.05, 0.1) is 17.0 Å². The van der Waals surface area contributed by atoms with E-state index < -0.39 is 17.3 Å². The fourth-order valence-electron chi connectivity index (χ4n) is 1.47. The molecule has 0 saturated carbocycles. The van der Waals surface area contributed by atoms with Crippen LogP contribution in [0.25, 0.3) is 0 Å². The summed E-state index contributed by atoms with van der Waals surface area (Å²) in [5, 5.41) is 0.